The van der Waals surface area contributed by atoms with Gasteiger partial charge in [0, 0.05) is 18.3 Å². The number of hydrogen-bond acceptors (Lipinski definition) is 4. The molecule has 0 saturated carbocycles. The monoisotopic (exact) mass is 250 g/mol. The van der Waals surface area contributed by atoms with Gasteiger partial charge in [-0.1, -0.05) is 0 Å². The lowest BCUT2D eigenvalue weighted by Crippen LogP contribution is -2.23. The number of H-pyrrole nitrogens is 1. The summed E-state index contributed by atoms with van der Waals surface area (Å²) in [6.45, 7) is 0. The molecule has 0 spiro atoms. The average molecular weight is 250 g/mol. The smallest absolute Gasteiger partial charge is 0.388 e. The fraction of sp³-hybridized carbons (Fsp3) is 0.100. The van der Waals surface area contributed by atoms with Gasteiger partial charge in [-0.05, 0) is 36.5 Å². The molecule has 17 heavy (non-hydrogen) atoms. The molecule has 2 rings (SSSR count). The number of nitrogens with one attached hydrogen (secondary N) is 3. The van der Waals surface area contributed by atoms with Gasteiger partial charge < -0.3 is 15.1 Å². The molecule has 0 atom stereocenters. The molecule has 0 radical (unpaired) electrons. The van der Waals surface area contributed by atoms with Crippen molar-refractivity contribution in [1.82, 2.24) is 15.5 Å². The van der Waals surface area contributed by atoms with Crippen LogP contribution in [0.15, 0.2) is 33.5 Å². The van der Waals surface area contributed by atoms with Gasteiger partial charge >= 0.3 is 5.76 Å². The van der Waals surface area contributed by atoms with Crippen LogP contribution in [0.3, 0.4) is 0 Å². The van der Waals surface area contributed by atoms with E-state index in [0.29, 0.717) is 10.7 Å². The van der Waals surface area contributed by atoms with Crippen molar-refractivity contribution < 1.29 is 4.42 Å². The molecular formula is C10H10N4O2S. The standard InChI is InChI=1S/C10H10N4O2S/c1-11-9(17)12-7-4-2-6(3-5-7)8-13-14-10(15)16-8/h2-5H,1H3,(H,14,15)(H2,11,12,17). The second kappa shape index (κ2) is 4.79. The molecule has 7 heteroatoms. The zero-order valence-corrected chi connectivity index (χ0v) is 9.80. The highest BCUT2D eigenvalue weighted by molar-refractivity contribution is 7.80. The molecule has 6 nitrogen and oxygen atoms in total. The third-order valence-electron chi connectivity index (χ3n) is 2.05. The number of aromatic amines is 1. The van der Waals surface area contributed by atoms with Crippen molar-refractivity contribution in [2.24, 2.45) is 0 Å². The molecule has 0 aliphatic heterocycles. The van der Waals surface area contributed by atoms with E-state index < -0.39 is 5.76 Å². The minimum Gasteiger partial charge on any atom is -0.388 e. The number of thiocarbonyl (C=S) groups is 1. The third kappa shape index (κ3) is 2.70. The second-order valence-electron chi connectivity index (χ2n) is 3.20. The van der Waals surface area contributed by atoms with E-state index in [4.69, 9.17) is 16.6 Å². The first-order valence-corrected chi connectivity index (χ1v) is 5.24. The van der Waals surface area contributed by atoms with E-state index in [0.717, 1.165) is 5.69 Å². The Balaban J connectivity index is 2.18. The molecule has 1 aromatic heterocycles. The fourth-order valence-corrected chi connectivity index (χ4v) is 1.36. The third-order valence-corrected chi connectivity index (χ3v) is 2.36. The van der Waals surface area contributed by atoms with Crippen molar-refractivity contribution in [2.45, 2.75) is 0 Å². The van der Waals surface area contributed by atoms with Crippen LogP contribution < -0.4 is 16.4 Å². The summed E-state index contributed by atoms with van der Waals surface area (Å²) in [5, 5.41) is 12.2. The van der Waals surface area contributed by atoms with Crippen LogP contribution in [0.25, 0.3) is 11.5 Å². The highest BCUT2D eigenvalue weighted by Gasteiger charge is 2.04. The van der Waals surface area contributed by atoms with Gasteiger partial charge in [0.25, 0.3) is 0 Å². The Kier molecular flexibility index (Phi) is 3.20. The maximum Gasteiger partial charge on any atom is 0.434 e. The van der Waals surface area contributed by atoms with Crippen LogP contribution in [0.4, 0.5) is 5.69 Å². The summed E-state index contributed by atoms with van der Waals surface area (Å²) in [6, 6.07) is 7.18. The van der Waals surface area contributed by atoms with Crippen molar-refractivity contribution >= 4 is 23.0 Å². The maximum absolute atomic E-state index is 10.8. The number of rotatable bonds is 2. The maximum atomic E-state index is 10.8. The Morgan fingerprint density at radius 1 is 1.41 bits per heavy atom. The fourth-order valence-electron chi connectivity index (χ4n) is 1.24. The van der Waals surface area contributed by atoms with Crippen LogP contribution in [0, 0.1) is 0 Å². The van der Waals surface area contributed by atoms with Gasteiger partial charge in [0.2, 0.25) is 5.89 Å². The largest absolute Gasteiger partial charge is 0.434 e. The van der Waals surface area contributed by atoms with Gasteiger partial charge in [-0.2, -0.15) is 0 Å². The Hall–Kier alpha value is -2.15. The van der Waals surface area contributed by atoms with Crippen molar-refractivity contribution in [3.05, 3.63) is 34.8 Å². The molecule has 3 N–H and O–H groups in total. The Labute approximate surface area is 102 Å². The first-order chi connectivity index (χ1) is 8.19. The van der Waals surface area contributed by atoms with Crippen LogP contribution in [-0.4, -0.2) is 22.4 Å². The number of hydrogen-bond donors (Lipinski definition) is 3. The van der Waals surface area contributed by atoms with Gasteiger partial charge in [-0.3, -0.25) is 0 Å². The SMILES string of the molecule is CNC(=S)Nc1ccc(-c2n[nH]c(=O)o2)cc1. The van der Waals surface area contributed by atoms with E-state index in [-0.39, 0.29) is 5.89 Å². The van der Waals surface area contributed by atoms with Gasteiger partial charge in [-0.15, -0.1) is 5.10 Å². The molecule has 0 amide bonds. The quantitative estimate of drug-likeness (QED) is 0.688. The van der Waals surface area contributed by atoms with Crippen molar-refractivity contribution in [3.8, 4) is 11.5 Å². The highest BCUT2D eigenvalue weighted by Crippen LogP contribution is 2.17. The summed E-state index contributed by atoms with van der Waals surface area (Å²) in [7, 11) is 1.74. The van der Waals surface area contributed by atoms with Gasteiger partial charge in [-0.25, -0.2) is 9.89 Å². The van der Waals surface area contributed by atoms with E-state index in [2.05, 4.69) is 20.8 Å². The minimum absolute atomic E-state index is 0.262. The molecule has 0 bridgehead atoms. The van der Waals surface area contributed by atoms with Crippen LogP contribution >= 0.6 is 12.2 Å². The number of benzene rings is 1. The normalized spacial score (nSPS) is 9.94. The van der Waals surface area contributed by atoms with Crippen molar-refractivity contribution in [1.29, 1.82) is 0 Å². The van der Waals surface area contributed by atoms with Crippen molar-refractivity contribution in [3.63, 3.8) is 0 Å². The molecule has 0 aliphatic rings. The van der Waals surface area contributed by atoms with Gasteiger partial charge in [0.1, 0.15) is 0 Å². The number of anilines is 1. The summed E-state index contributed by atoms with van der Waals surface area (Å²) in [5.41, 5.74) is 1.55. The van der Waals surface area contributed by atoms with E-state index in [1.807, 2.05) is 12.1 Å². The van der Waals surface area contributed by atoms with E-state index >= 15 is 0 Å². The Bertz CT molecular complexity index is 572. The predicted molar refractivity (Wildman–Crippen MR) is 67.8 cm³/mol. The van der Waals surface area contributed by atoms with Crippen LogP contribution in [0.5, 0.6) is 0 Å². The zero-order chi connectivity index (χ0) is 12.3. The predicted octanol–water partition coefficient (Wildman–Crippen LogP) is 0.946. The minimum atomic E-state index is -0.571. The van der Waals surface area contributed by atoms with Crippen LogP contribution in [0.1, 0.15) is 0 Å². The second-order valence-corrected chi connectivity index (χ2v) is 3.61. The van der Waals surface area contributed by atoms with Crippen LogP contribution in [0.2, 0.25) is 0 Å². The summed E-state index contributed by atoms with van der Waals surface area (Å²) < 4.78 is 4.83. The lowest BCUT2D eigenvalue weighted by Gasteiger charge is -2.06. The molecule has 0 aliphatic carbocycles. The zero-order valence-electron chi connectivity index (χ0n) is 8.98. The first-order valence-electron chi connectivity index (χ1n) is 4.84. The summed E-state index contributed by atoms with van der Waals surface area (Å²) in [5.74, 6) is -0.309. The number of aromatic nitrogens is 2. The Morgan fingerprint density at radius 2 is 2.12 bits per heavy atom. The van der Waals surface area contributed by atoms with E-state index in [1.54, 1.807) is 19.2 Å². The highest BCUT2D eigenvalue weighted by atomic mass is 32.1. The molecule has 1 aromatic carbocycles. The van der Waals surface area contributed by atoms with Crippen molar-refractivity contribution in [2.75, 3.05) is 12.4 Å². The summed E-state index contributed by atoms with van der Waals surface area (Å²) >= 11 is 4.97. The lowest BCUT2D eigenvalue weighted by atomic mass is 10.2. The molecule has 88 valence electrons. The Morgan fingerprint density at radius 3 is 2.65 bits per heavy atom. The molecular weight excluding hydrogens is 240 g/mol. The molecule has 0 saturated heterocycles. The van der Waals surface area contributed by atoms with Gasteiger partial charge in [0.15, 0.2) is 5.11 Å². The van der Waals surface area contributed by atoms with E-state index in [1.165, 1.54) is 0 Å². The lowest BCUT2D eigenvalue weighted by molar-refractivity contribution is 0.527. The first kappa shape index (κ1) is 11.3. The molecule has 1 heterocycles. The molecule has 0 fully saturated rings. The molecule has 0 unspecified atom stereocenters. The van der Waals surface area contributed by atoms with Gasteiger partial charge in [0.05, 0.1) is 0 Å². The van der Waals surface area contributed by atoms with E-state index in [9.17, 15) is 4.79 Å². The van der Waals surface area contributed by atoms with Crippen LogP contribution in [-0.2, 0) is 0 Å². The number of nitrogens with zero attached hydrogens (tertiary/aromatic N) is 1. The summed E-state index contributed by atoms with van der Waals surface area (Å²) in [4.78, 5) is 10.8. The summed E-state index contributed by atoms with van der Waals surface area (Å²) in [6.07, 6.45) is 0. The average Bonchev–Trinajstić information content (AvgIpc) is 2.77. The topological polar surface area (TPSA) is 83.0 Å². The molecule has 2 aromatic rings.